The number of carbonyl (C=O) groups is 1. The summed E-state index contributed by atoms with van der Waals surface area (Å²) in [5.74, 6) is 0. The van der Waals surface area contributed by atoms with E-state index in [9.17, 15) is 9.90 Å². The molecule has 0 unspecified atom stereocenters. The van der Waals surface area contributed by atoms with Gasteiger partial charge in [-0.3, -0.25) is 4.99 Å². The normalized spacial score (nSPS) is 14.1. The van der Waals surface area contributed by atoms with E-state index in [0.717, 1.165) is 18.5 Å². The van der Waals surface area contributed by atoms with Crippen LogP contribution >= 0.6 is 0 Å². The fourth-order valence-corrected chi connectivity index (χ4v) is 7.04. The van der Waals surface area contributed by atoms with Crippen molar-refractivity contribution in [3.8, 4) is 0 Å². The topological polar surface area (TPSA) is 65.4 Å². The van der Waals surface area contributed by atoms with Gasteiger partial charge in [-0.2, -0.15) is 0 Å². The molecular formula is C49H83N3O3. The van der Waals surface area contributed by atoms with Crippen LogP contribution in [0.15, 0.2) is 59.6 Å². The summed E-state index contributed by atoms with van der Waals surface area (Å²) in [6.45, 7) is 18.0. The maximum atomic E-state index is 11.7. The van der Waals surface area contributed by atoms with Crippen LogP contribution in [0.1, 0.15) is 188 Å². The number of amides is 1. The number of aliphatic hydroxyl groups is 1. The number of unbranched alkanes of at least 4 members (excludes halogenated alkanes) is 15. The maximum absolute atomic E-state index is 11.7. The summed E-state index contributed by atoms with van der Waals surface area (Å²) in [6, 6.07) is 18.7. The number of aliphatic imine (C=N–C) groups is 1. The summed E-state index contributed by atoms with van der Waals surface area (Å²) in [5.41, 5.74) is 4.46. The first-order valence-electron chi connectivity index (χ1n) is 22.8. The molecular weight excluding hydrogens is 679 g/mol. The number of likely N-dealkylation sites (tertiary alicyclic amines) is 1. The van der Waals surface area contributed by atoms with Crippen molar-refractivity contribution in [2.24, 2.45) is 4.99 Å². The van der Waals surface area contributed by atoms with Crippen LogP contribution in [-0.4, -0.2) is 71.1 Å². The number of aliphatic hydroxyl groups excluding tert-OH is 1. The van der Waals surface area contributed by atoms with Gasteiger partial charge < -0.3 is 19.6 Å². The fourth-order valence-electron chi connectivity index (χ4n) is 7.04. The third-order valence-electron chi connectivity index (χ3n) is 11.1. The molecule has 2 aliphatic rings. The highest BCUT2D eigenvalue weighted by molar-refractivity contribution is 6.06. The van der Waals surface area contributed by atoms with Crippen LogP contribution in [0.2, 0.25) is 0 Å². The van der Waals surface area contributed by atoms with Gasteiger partial charge in [-0.1, -0.05) is 173 Å². The highest BCUT2D eigenvalue weighted by atomic mass is 16.6. The van der Waals surface area contributed by atoms with Crippen LogP contribution in [0.4, 0.5) is 10.5 Å². The van der Waals surface area contributed by atoms with Gasteiger partial charge in [-0.25, -0.2) is 4.79 Å². The van der Waals surface area contributed by atoms with Crippen LogP contribution in [-0.2, 0) is 11.2 Å². The van der Waals surface area contributed by atoms with Gasteiger partial charge in [-0.15, -0.1) is 0 Å². The molecule has 6 heteroatoms. The van der Waals surface area contributed by atoms with Crippen LogP contribution < -0.4 is 0 Å². The number of para-hydroxylation sites is 1. The summed E-state index contributed by atoms with van der Waals surface area (Å²) in [4.78, 5) is 20.8. The first kappa shape index (κ1) is 48.4. The number of carbonyl (C=O) groups excluding carboxylic acids is 1. The smallest absolute Gasteiger partial charge is 0.410 e. The molecule has 0 saturated carbocycles. The van der Waals surface area contributed by atoms with Crippen molar-refractivity contribution in [2.75, 3.05) is 32.7 Å². The van der Waals surface area contributed by atoms with E-state index in [2.05, 4.69) is 73.1 Å². The largest absolute Gasteiger partial charge is 0.443 e. The van der Waals surface area contributed by atoms with E-state index >= 15 is 0 Å². The van der Waals surface area contributed by atoms with Crippen molar-refractivity contribution in [1.29, 1.82) is 0 Å². The monoisotopic (exact) mass is 762 g/mol. The average Bonchev–Trinajstić information content (AvgIpc) is 3.64. The Morgan fingerprint density at radius 1 is 0.691 bits per heavy atom. The maximum Gasteiger partial charge on any atom is 0.410 e. The Balaban J connectivity index is 0.000000299. The molecule has 2 aromatic rings. The van der Waals surface area contributed by atoms with E-state index in [1.807, 2.05) is 32.9 Å². The van der Waals surface area contributed by atoms with Crippen molar-refractivity contribution < 1.29 is 14.6 Å². The highest BCUT2D eigenvalue weighted by Crippen LogP contribution is 2.28. The molecule has 0 aliphatic carbocycles. The van der Waals surface area contributed by atoms with E-state index in [1.165, 1.54) is 152 Å². The molecule has 1 amide bonds. The number of nitrogens with zero attached hydrogens (tertiary/aromatic N) is 3. The van der Waals surface area contributed by atoms with Gasteiger partial charge in [0.2, 0.25) is 0 Å². The number of piperidine rings is 1. The number of benzene rings is 2. The number of ether oxygens (including phenoxy) is 1. The zero-order valence-corrected chi connectivity index (χ0v) is 36.5. The van der Waals surface area contributed by atoms with Crippen molar-refractivity contribution in [3.05, 3.63) is 65.7 Å². The molecule has 0 radical (unpaired) electrons. The van der Waals surface area contributed by atoms with Crippen molar-refractivity contribution in [2.45, 2.75) is 195 Å². The minimum atomic E-state index is -0.396. The Kier molecular flexibility index (Phi) is 26.8. The Labute approximate surface area is 338 Å². The quantitative estimate of drug-likeness (QED) is 0.108. The lowest BCUT2D eigenvalue weighted by Crippen LogP contribution is -2.43. The van der Waals surface area contributed by atoms with E-state index in [0.29, 0.717) is 25.9 Å². The molecule has 4 rings (SSSR count). The molecule has 0 aromatic heterocycles. The second kappa shape index (κ2) is 30.4. The summed E-state index contributed by atoms with van der Waals surface area (Å²) in [6.07, 6.45) is 28.3. The molecule has 0 spiro atoms. The summed E-state index contributed by atoms with van der Waals surface area (Å²) >= 11 is 0. The van der Waals surface area contributed by atoms with E-state index < -0.39 is 5.60 Å². The number of hydrogen-bond donors (Lipinski definition) is 1. The molecule has 312 valence electrons. The molecule has 0 bridgehead atoms. The third-order valence-corrected chi connectivity index (χ3v) is 11.1. The number of hydrogen-bond acceptors (Lipinski definition) is 5. The Morgan fingerprint density at radius 2 is 1.15 bits per heavy atom. The average molecular weight is 762 g/mol. The van der Waals surface area contributed by atoms with Crippen molar-refractivity contribution in [1.82, 2.24) is 9.80 Å². The van der Waals surface area contributed by atoms with Crippen LogP contribution in [0.5, 0.6) is 0 Å². The van der Waals surface area contributed by atoms with Crippen LogP contribution in [0, 0.1) is 0 Å². The van der Waals surface area contributed by atoms with E-state index in [-0.39, 0.29) is 12.2 Å². The number of fused-ring (bicyclic) bond motifs is 1. The summed E-state index contributed by atoms with van der Waals surface area (Å²) in [7, 11) is 0. The van der Waals surface area contributed by atoms with Crippen molar-refractivity contribution >= 4 is 17.5 Å². The van der Waals surface area contributed by atoms with Gasteiger partial charge in [-0.05, 0) is 89.2 Å². The van der Waals surface area contributed by atoms with Gasteiger partial charge in [0.15, 0.2) is 0 Å². The fraction of sp³-hybridized carbons (Fsp3) is 0.714. The van der Waals surface area contributed by atoms with Crippen molar-refractivity contribution in [3.63, 3.8) is 0 Å². The van der Waals surface area contributed by atoms with Crippen LogP contribution in [0.3, 0.4) is 0 Å². The molecule has 1 N–H and O–H groups in total. The zero-order chi connectivity index (χ0) is 40.0. The Hall–Kier alpha value is -2.70. The minimum absolute atomic E-state index is 0.256. The molecule has 1 fully saturated rings. The molecule has 1 saturated heterocycles. The first-order chi connectivity index (χ1) is 26.7. The zero-order valence-electron chi connectivity index (χ0n) is 36.5. The summed E-state index contributed by atoms with van der Waals surface area (Å²) < 4.78 is 5.37. The Morgan fingerprint density at radius 3 is 1.62 bits per heavy atom. The lowest BCUT2D eigenvalue weighted by Gasteiger charge is -2.32. The molecule has 2 heterocycles. The first-order valence-corrected chi connectivity index (χ1v) is 22.8. The lowest BCUT2D eigenvalue weighted by atomic mass is 10.0. The van der Waals surface area contributed by atoms with Gasteiger partial charge in [0.05, 0.1) is 17.5 Å². The van der Waals surface area contributed by atoms with Gasteiger partial charge in [0.25, 0.3) is 0 Å². The molecule has 2 aliphatic heterocycles. The highest BCUT2D eigenvalue weighted by Gasteiger charge is 2.27. The van der Waals surface area contributed by atoms with E-state index in [1.54, 1.807) is 4.90 Å². The standard InChI is InChI=1S/C24H51N.C14H11N.C11H21NO3/c1-4-7-10-13-16-19-22-25(23-20-17-14-11-8-5-2)24-21-18-15-12-9-6-3;1-2-6-11(7-3-1)14-10-12-8-4-5-9-13(12)15-14;1-4-11(2,3)15-10(14)12-7-5-9(13)6-8-12/h4-24H2,1-3H3;1-9H,10H2;9,13H,4-8H2,1-3H3. The predicted molar refractivity (Wildman–Crippen MR) is 237 cm³/mol. The molecule has 55 heavy (non-hydrogen) atoms. The Bertz CT molecular complexity index is 1220. The van der Waals surface area contributed by atoms with Crippen LogP contribution in [0.25, 0.3) is 0 Å². The second-order valence-electron chi connectivity index (χ2n) is 16.6. The molecule has 6 nitrogen and oxygen atoms in total. The molecule has 2 aromatic carbocycles. The third kappa shape index (κ3) is 22.6. The second-order valence-corrected chi connectivity index (χ2v) is 16.6. The number of rotatable bonds is 24. The van der Waals surface area contributed by atoms with Gasteiger partial charge in [0, 0.05) is 19.5 Å². The minimum Gasteiger partial charge on any atom is -0.443 e. The van der Waals surface area contributed by atoms with E-state index in [4.69, 9.17) is 4.74 Å². The predicted octanol–water partition coefficient (Wildman–Crippen LogP) is 13.5. The van der Waals surface area contributed by atoms with Gasteiger partial charge >= 0.3 is 6.09 Å². The summed E-state index contributed by atoms with van der Waals surface area (Å²) in [5, 5.41) is 9.31. The lowest BCUT2D eigenvalue weighted by molar-refractivity contribution is -0.000753. The van der Waals surface area contributed by atoms with Gasteiger partial charge in [0.1, 0.15) is 5.60 Å². The SMILES string of the molecule is CCC(C)(C)OC(=O)N1CCC(O)CC1.CCCCCCCCN(CCCCCCCC)CCCCCCCC.c1ccc(C2=Nc3ccccc3C2)cc1. The molecule has 0 atom stereocenters.